The molecule has 0 heterocycles. The van der Waals surface area contributed by atoms with Gasteiger partial charge in [0.15, 0.2) is 0 Å². The van der Waals surface area contributed by atoms with Crippen molar-refractivity contribution in [2.75, 3.05) is 33.2 Å². The summed E-state index contributed by atoms with van der Waals surface area (Å²) in [6, 6.07) is 5.36. The lowest BCUT2D eigenvalue weighted by atomic mass is 10.0. The molecule has 106 valence electrons. The second kappa shape index (κ2) is 5.93. The Hall–Kier alpha value is -1.75. The van der Waals surface area contributed by atoms with E-state index in [-0.39, 0.29) is 5.91 Å². The molecule has 0 fully saturated rings. The van der Waals surface area contributed by atoms with E-state index in [4.69, 9.17) is 9.47 Å². The molecule has 5 nitrogen and oxygen atoms in total. The first kappa shape index (κ1) is 15.3. The van der Waals surface area contributed by atoms with Crippen LogP contribution in [0, 0.1) is 0 Å². The Morgan fingerprint density at radius 2 is 1.89 bits per heavy atom. The lowest BCUT2D eigenvalue weighted by molar-refractivity contribution is -0.123. The highest BCUT2D eigenvalue weighted by Gasteiger charge is 2.30. The molecule has 1 aromatic rings. The normalized spacial score (nSPS) is 11.1. The summed E-state index contributed by atoms with van der Waals surface area (Å²) in [6.07, 6.45) is 0. The minimum Gasteiger partial charge on any atom is -0.497 e. The van der Waals surface area contributed by atoms with E-state index in [1.54, 1.807) is 51.4 Å². The highest BCUT2D eigenvalue weighted by Crippen LogP contribution is 2.32. The van der Waals surface area contributed by atoms with Gasteiger partial charge in [0.2, 0.25) is 5.91 Å². The van der Waals surface area contributed by atoms with Crippen LogP contribution in [0.3, 0.4) is 0 Å². The standard InChI is InChI=1S/C14H22N2O3/c1-14(2,15-3)13(17)16(4)11-9-10(18-5)7-8-12(11)19-6/h7-9,15H,1-6H3. The zero-order valence-electron chi connectivity index (χ0n) is 12.4. The molecule has 0 aromatic heterocycles. The number of nitrogens with zero attached hydrogens (tertiary/aromatic N) is 1. The van der Waals surface area contributed by atoms with Crippen LogP contribution in [-0.4, -0.2) is 39.8 Å². The Balaban J connectivity index is 3.17. The van der Waals surface area contributed by atoms with Gasteiger partial charge >= 0.3 is 0 Å². The number of methoxy groups -OCH3 is 2. The van der Waals surface area contributed by atoms with Crippen molar-refractivity contribution in [2.24, 2.45) is 0 Å². The summed E-state index contributed by atoms with van der Waals surface area (Å²) in [5, 5.41) is 2.99. The maximum atomic E-state index is 12.4. The number of rotatable bonds is 5. The molecule has 1 rings (SSSR count). The minimum atomic E-state index is -0.650. The van der Waals surface area contributed by atoms with Crippen molar-refractivity contribution in [1.82, 2.24) is 5.32 Å². The van der Waals surface area contributed by atoms with Crippen molar-refractivity contribution < 1.29 is 14.3 Å². The Bertz CT molecular complexity index is 458. The first-order chi connectivity index (χ1) is 8.87. The number of ether oxygens (including phenoxy) is 2. The first-order valence-electron chi connectivity index (χ1n) is 6.06. The average Bonchev–Trinajstić information content (AvgIpc) is 2.44. The first-order valence-corrected chi connectivity index (χ1v) is 6.06. The van der Waals surface area contributed by atoms with Crippen LogP contribution in [0.5, 0.6) is 11.5 Å². The SMILES string of the molecule is CNC(C)(C)C(=O)N(C)c1cc(OC)ccc1OC. The number of anilines is 1. The zero-order valence-corrected chi connectivity index (χ0v) is 12.4. The van der Waals surface area contributed by atoms with E-state index in [1.165, 1.54) is 0 Å². The number of likely N-dealkylation sites (N-methyl/N-ethyl adjacent to an activating group) is 2. The van der Waals surface area contributed by atoms with Gasteiger partial charge in [-0.2, -0.15) is 0 Å². The zero-order chi connectivity index (χ0) is 14.6. The number of nitrogens with one attached hydrogen (secondary N) is 1. The smallest absolute Gasteiger partial charge is 0.246 e. The van der Waals surface area contributed by atoms with Crippen molar-refractivity contribution >= 4 is 11.6 Å². The molecule has 0 saturated carbocycles. The maximum absolute atomic E-state index is 12.4. The van der Waals surface area contributed by atoms with E-state index < -0.39 is 5.54 Å². The summed E-state index contributed by atoms with van der Waals surface area (Å²) in [6.45, 7) is 3.66. The molecular formula is C14H22N2O3. The Morgan fingerprint density at radius 3 is 2.37 bits per heavy atom. The summed E-state index contributed by atoms with van der Waals surface area (Å²) < 4.78 is 10.5. The maximum Gasteiger partial charge on any atom is 0.246 e. The van der Waals surface area contributed by atoms with Gasteiger partial charge in [0, 0.05) is 13.1 Å². The van der Waals surface area contributed by atoms with Crippen molar-refractivity contribution in [3.63, 3.8) is 0 Å². The predicted octanol–water partition coefficient (Wildman–Crippen LogP) is 1.66. The quantitative estimate of drug-likeness (QED) is 0.880. The largest absolute Gasteiger partial charge is 0.497 e. The number of hydrogen-bond donors (Lipinski definition) is 1. The van der Waals surface area contributed by atoms with Crippen molar-refractivity contribution in [3.8, 4) is 11.5 Å². The average molecular weight is 266 g/mol. The number of amides is 1. The van der Waals surface area contributed by atoms with E-state index >= 15 is 0 Å². The van der Waals surface area contributed by atoms with Gasteiger partial charge in [-0.1, -0.05) is 0 Å². The second-order valence-electron chi connectivity index (χ2n) is 4.78. The summed E-state index contributed by atoms with van der Waals surface area (Å²) in [4.78, 5) is 14.0. The van der Waals surface area contributed by atoms with Crippen LogP contribution in [0.25, 0.3) is 0 Å². The molecule has 0 aliphatic heterocycles. The molecular weight excluding hydrogens is 244 g/mol. The Kier molecular flexibility index (Phi) is 4.78. The molecule has 0 aliphatic rings. The van der Waals surface area contributed by atoms with E-state index in [0.29, 0.717) is 17.2 Å². The van der Waals surface area contributed by atoms with E-state index in [9.17, 15) is 4.79 Å². The van der Waals surface area contributed by atoms with Crippen LogP contribution >= 0.6 is 0 Å². The molecule has 0 saturated heterocycles. The predicted molar refractivity (Wildman–Crippen MR) is 76.1 cm³/mol. The third-order valence-corrected chi connectivity index (χ3v) is 3.21. The van der Waals surface area contributed by atoms with Crippen LogP contribution < -0.4 is 19.7 Å². The lowest BCUT2D eigenvalue weighted by Gasteiger charge is -2.30. The summed E-state index contributed by atoms with van der Waals surface area (Å²) in [5.74, 6) is 1.25. The number of carbonyl (C=O) groups excluding carboxylic acids is 1. The van der Waals surface area contributed by atoms with Gasteiger partial charge in [-0.15, -0.1) is 0 Å². The molecule has 1 amide bonds. The van der Waals surface area contributed by atoms with E-state index in [0.717, 1.165) is 0 Å². The van der Waals surface area contributed by atoms with Crippen molar-refractivity contribution in [1.29, 1.82) is 0 Å². The van der Waals surface area contributed by atoms with Crippen LogP contribution in [0.15, 0.2) is 18.2 Å². The number of hydrogen-bond acceptors (Lipinski definition) is 4. The molecule has 0 atom stereocenters. The fourth-order valence-corrected chi connectivity index (χ4v) is 1.69. The summed E-state index contributed by atoms with van der Waals surface area (Å²) in [5.41, 5.74) is 0.0261. The Labute approximate surface area is 114 Å². The minimum absolute atomic E-state index is 0.0541. The fraction of sp³-hybridized carbons (Fsp3) is 0.500. The highest BCUT2D eigenvalue weighted by molar-refractivity contribution is 6.00. The molecule has 0 spiro atoms. The van der Waals surface area contributed by atoms with Gasteiger partial charge in [-0.25, -0.2) is 0 Å². The molecule has 19 heavy (non-hydrogen) atoms. The van der Waals surface area contributed by atoms with Crippen molar-refractivity contribution in [2.45, 2.75) is 19.4 Å². The lowest BCUT2D eigenvalue weighted by Crippen LogP contribution is -2.51. The monoisotopic (exact) mass is 266 g/mol. The topological polar surface area (TPSA) is 50.8 Å². The van der Waals surface area contributed by atoms with Crippen LogP contribution in [0.4, 0.5) is 5.69 Å². The summed E-state index contributed by atoms with van der Waals surface area (Å²) >= 11 is 0. The molecule has 1 aromatic carbocycles. The third kappa shape index (κ3) is 3.17. The fourth-order valence-electron chi connectivity index (χ4n) is 1.69. The molecule has 1 N–H and O–H groups in total. The number of carbonyl (C=O) groups is 1. The van der Waals surface area contributed by atoms with Gasteiger partial charge in [-0.3, -0.25) is 4.79 Å². The van der Waals surface area contributed by atoms with E-state index in [1.807, 2.05) is 13.8 Å². The van der Waals surface area contributed by atoms with Crippen LogP contribution in [-0.2, 0) is 4.79 Å². The Morgan fingerprint density at radius 1 is 1.26 bits per heavy atom. The number of benzene rings is 1. The molecule has 0 aliphatic carbocycles. The van der Waals surface area contributed by atoms with Gasteiger partial charge in [0.25, 0.3) is 0 Å². The van der Waals surface area contributed by atoms with Gasteiger partial charge in [-0.05, 0) is 33.0 Å². The summed E-state index contributed by atoms with van der Waals surface area (Å²) in [7, 11) is 6.64. The molecule has 0 unspecified atom stereocenters. The molecule has 5 heteroatoms. The van der Waals surface area contributed by atoms with Gasteiger partial charge < -0.3 is 19.7 Å². The van der Waals surface area contributed by atoms with Gasteiger partial charge in [0.05, 0.1) is 25.4 Å². The molecule has 0 radical (unpaired) electrons. The third-order valence-electron chi connectivity index (χ3n) is 3.21. The van der Waals surface area contributed by atoms with Crippen LogP contribution in [0.2, 0.25) is 0 Å². The molecule has 0 bridgehead atoms. The van der Waals surface area contributed by atoms with Crippen molar-refractivity contribution in [3.05, 3.63) is 18.2 Å². The van der Waals surface area contributed by atoms with E-state index in [2.05, 4.69) is 5.32 Å². The van der Waals surface area contributed by atoms with Crippen LogP contribution in [0.1, 0.15) is 13.8 Å². The second-order valence-corrected chi connectivity index (χ2v) is 4.78. The van der Waals surface area contributed by atoms with Gasteiger partial charge in [0.1, 0.15) is 11.5 Å². The highest BCUT2D eigenvalue weighted by atomic mass is 16.5.